The van der Waals surface area contributed by atoms with E-state index in [1.54, 1.807) is 6.07 Å². The first-order valence-corrected chi connectivity index (χ1v) is 9.58. The van der Waals surface area contributed by atoms with Crippen LogP contribution in [0.1, 0.15) is 11.1 Å². The molecular formula is C19H17ClN2O2S. The van der Waals surface area contributed by atoms with Crippen molar-refractivity contribution < 1.29 is 8.42 Å². The average molecular weight is 373 g/mol. The van der Waals surface area contributed by atoms with Gasteiger partial charge in [0, 0.05) is 19.3 Å². The van der Waals surface area contributed by atoms with Gasteiger partial charge in [0.2, 0.25) is 10.0 Å². The molecule has 0 bridgehead atoms. The SMILES string of the molecule is O=S(=O)(c1cccnc1Cl)N(Cc1ccccc1)Cc1ccccc1. The van der Waals surface area contributed by atoms with Crippen LogP contribution in [-0.2, 0) is 23.1 Å². The van der Waals surface area contributed by atoms with Gasteiger partial charge in [0.1, 0.15) is 10.0 Å². The van der Waals surface area contributed by atoms with Crippen molar-refractivity contribution in [1.29, 1.82) is 0 Å². The van der Waals surface area contributed by atoms with E-state index in [-0.39, 0.29) is 23.1 Å². The molecule has 0 radical (unpaired) electrons. The maximum Gasteiger partial charge on any atom is 0.246 e. The Morgan fingerprint density at radius 2 is 1.32 bits per heavy atom. The summed E-state index contributed by atoms with van der Waals surface area (Å²) in [5, 5.41) is -0.0198. The van der Waals surface area contributed by atoms with Gasteiger partial charge in [0.15, 0.2) is 0 Å². The standard InChI is InChI=1S/C19H17ClN2O2S/c20-19-18(12-7-13-21-19)25(23,24)22(14-16-8-3-1-4-9-16)15-17-10-5-2-6-11-17/h1-13H,14-15H2. The van der Waals surface area contributed by atoms with Crippen LogP contribution in [-0.4, -0.2) is 17.7 Å². The number of sulfonamides is 1. The van der Waals surface area contributed by atoms with E-state index in [0.29, 0.717) is 0 Å². The molecule has 0 aliphatic carbocycles. The Kier molecular flexibility index (Phi) is 5.48. The quantitative estimate of drug-likeness (QED) is 0.611. The maximum absolute atomic E-state index is 13.2. The van der Waals surface area contributed by atoms with E-state index in [0.717, 1.165) is 11.1 Å². The van der Waals surface area contributed by atoms with Gasteiger partial charge in [-0.2, -0.15) is 4.31 Å². The number of hydrogen-bond donors (Lipinski definition) is 0. The summed E-state index contributed by atoms with van der Waals surface area (Å²) < 4.78 is 27.7. The average Bonchev–Trinajstić information content (AvgIpc) is 2.63. The summed E-state index contributed by atoms with van der Waals surface area (Å²) in [5.74, 6) is 0. The summed E-state index contributed by atoms with van der Waals surface area (Å²) in [4.78, 5) is 3.92. The first-order chi connectivity index (χ1) is 12.1. The summed E-state index contributed by atoms with van der Waals surface area (Å²) in [6.45, 7) is 0.507. The number of pyridine rings is 1. The van der Waals surface area contributed by atoms with Crippen LogP contribution in [0.3, 0.4) is 0 Å². The van der Waals surface area contributed by atoms with Gasteiger partial charge in [0.25, 0.3) is 0 Å². The smallest absolute Gasteiger partial charge is 0.243 e. The lowest BCUT2D eigenvalue weighted by molar-refractivity contribution is 0.401. The molecule has 25 heavy (non-hydrogen) atoms. The van der Waals surface area contributed by atoms with Gasteiger partial charge in [-0.1, -0.05) is 72.3 Å². The molecule has 0 aliphatic rings. The molecule has 0 saturated carbocycles. The second kappa shape index (κ2) is 7.78. The molecule has 2 aromatic carbocycles. The highest BCUT2D eigenvalue weighted by Gasteiger charge is 2.27. The minimum absolute atomic E-state index is 0.0172. The van der Waals surface area contributed by atoms with Crippen LogP contribution in [0.2, 0.25) is 5.15 Å². The highest BCUT2D eigenvalue weighted by atomic mass is 35.5. The van der Waals surface area contributed by atoms with Crippen molar-refractivity contribution >= 4 is 21.6 Å². The van der Waals surface area contributed by atoms with E-state index < -0.39 is 10.0 Å². The fourth-order valence-corrected chi connectivity index (χ4v) is 4.35. The molecule has 6 heteroatoms. The van der Waals surface area contributed by atoms with Gasteiger partial charge in [0.05, 0.1) is 0 Å². The van der Waals surface area contributed by atoms with Crippen molar-refractivity contribution in [3.63, 3.8) is 0 Å². The molecule has 0 saturated heterocycles. The summed E-state index contributed by atoms with van der Waals surface area (Å²) >= 11 is 6.04. The van der Waals surface area contributed by atoms with Crippen LogP contribution in [0.4, 0.5) is 0 Å². The summed E-state index contributed by atoms with van der Waals surface area (Å²) in [6, 6.07) is 22.0. The molecule has 0 unspecified atom stereocenters. The zero-order valence-electron chi connectivity index (χ0n) is 13.4. The van der Waals surface area contributed by atoms with Crippen LogP contribution in [0.5, 0.6) is 0 Å². The number of aromatic nitrogens is 1. The minimum atomic E-state index is -3.79. The number of rotatable bonds is 6. The predicted octanol–water partition coefficient (Wildman–Crippen LogP) is 4.13. The van der Waals surface area contributed by atoms with Crippen molar-refractivity contribution in [1.82, 2.24) is 9.29 Å². The second-order valence-corrected chi connectivity index (χ2v) is 7.80. The van der Waals surface area contributed by atoms with Crippen LogP contribution >= 0.6 is 11.6 Å². The normalized spacial score (nSPS) is 11.6. The lowest BCUT2D eigenvalue weighted by Crippen LogP contribution is -2.30. The predicted molar refractivity (Wildman–Crippen MR) is 98.6 cm³/mol. The van der Waals surface area contributed by atoms with Crippen molar-refractivity contribution in [2.45, 2.75) is 18.0 Å². The molecule has 4 nitrogen and oxygen atoms in total. The van der Waals surface area contributed by atoms with E-state index in [1.165, 1.54) is 16.6 Å². The molecule has 3 aromatic rings. The lowest BCUT2D eigenvalue weighted by atomic mass is 10.2. The highest BCUT2D eigenvalue weighted by Crippen LogP contribution is 2.25. The number of hydrogen-bond acceptors (Lipinski definition) is 3. The fraction of sp³-hybridized carbons (Fsp3) is 0.105. The molecule has 0 aliphatic heterocycles. The van der Waals surface area contributed by atoms with Gasteiger partial charge >= 0.3 is 0 Å². The number of nitrogens with zero attached hydrogens (tertiary/aromatic N) is 2. The molecule has 128 valence electrons. The third-order valence-electron chi connectivity index (χ3n) is 3.75. The van der Waals surface area contributed by atoms with E-state index in [9.17, 15) is 8.42 Å². The largest absolute Gasteiger partial charge is 0.246 e. The second-order valence-electron chi connectivity index (χ2n) is 5.54. The number of benzene rings is 2. The molecular weight excluding hydrogens is 356 g/mol. The fourth-order valence-electron chi connectivity index (χ4n) is 2.50. The van der Waals surface area contributed by atoms with Gasteiger partial charge in [-0.15, -0.1) is 0 Å². The van der Waals surface area contributed by atoms with Gasteiger partial charge in [-0.3, -0.25) is 0 Å². The monoisotopic (exact) mass is 372 g/mol. The molecule has 0 spiro atoms. The molecule has 0 amide bonds. The van der Waals surface area contributed by atoms with Crippen molar-refractivity contribution in [3.05, 3.63) is 95.3 Å². The zero-order chi connectivity index (χ0) is 17.7. The Labute approximate surface area is 152 Å². The molecule has 1 aromatic heterocycles. The maximum atomic E-state index is 13.2. The van der Waals surface area contributed by atoms with Crippen LogP contribution < -0.4 is 0 Å². The lowest BCUT2D eigenvalue weighted by Gasteiger charge is -2.23. The van der Waals surface area contributed by atoms with E-state index in [2.05, 4.69) is 4.98 Å². The third-order valence-corrected chi connectivity index (χ3v) is 5.98. The first-order valence-electron chi connectivity index (χ1n) is 7.76. The van der Waals surface area contributed by atoms with Crippen molar-refractivity contribution in [3.8, 4) is 0 Å². The molecule has 0 N–H and O–H groups in total. The van der Waals surface area contributed by atoms with Crippen LogP contribution in [0.15, 0.2) is 83.9 Å². The highest BCUT2D eigenvalue weighted by molar-refractivity contribution is 7.89. The van der Waals surface area contributed by atoms with Crippen molar-refractivity contribution in [2.75, 3.05) is 0 Å². The van der Waals surface area contributed by atoms with E-state index in [4.69, 9.17) is 11.6 Å². The van der Waals surface area contributed by atoms with E-state index in [1.807, 2.05) is 60.7 Å². The number of halogens is 1. The Bertz CT molecular complexity index is 890. The Hall–Kier alpha value is -2.21. The first kappa shape index (κ1) is 17.6. The van der Waals surface area contributed by atoms with Crippen LogP contribution in [0.25, 0.3) is 0 Å². The van der Waals surface area contributed by atoms with Crippen molar-refractivity contribution in [2.24, 2.45) is 0 Å². The molecule has 0 fully saturated rings. The summed E-state index contributed by atoms with van der Waals surface area (Å²) in [7, 11) is -3.79. The minimum Gasteiger partial charge on any atom is -0.243 e. The Morgan fingerprint density at radius 3 is 1.80 bits per heavy atom. The third kappa shape index (κ3) is 4.25. The van der Waals surface area contributed by atoms with Gasteiger partial charge in [-0.25, -0.2) is 13.4 Å². The zero-order valence-corrected chi connectivity index (χ0v) is 15.0. The van der Waals surface area contributed by atoms with Crippen LogP contribution in [0, 0.1) is 0 Å². The Balaban J connectivity index is 1.99. The van der Waals surface area contributed by atoms with E-state index >= 15 is 0 Å². The summed E-state index contributed by atoms with van der Waals surface area (Å²) in [5.41, 5.74) is 1.81. The molecule has 0 atom stereocenters. The van der Waals surface area contributed by atoms with Gasteiger partial charge < -0.3 is 0 Å². The topological polar surface area (TPSA) is 50.3 Å². The Morgan fingerprint density at radius 1 is 0.800 bits per heavy atom. The molecule has 1 heterocycles. The molecule has 3 rings (SSSR count). The van der Waals surface area contributed by atoms with Gasteiger partial charge in [-0.05, 0) is 23.3 Å². The summed E-state index contributed by atoms with van der Waals surface area (Å²) in [6.07, 6.45) is 1.47.